The number of nitrogens with one attached hydrogen (secondary N) is 1. The second-order valence-electron chi connectivity index (χ2n) is 5.62. The molecule has 7 heteroatoms. The highest BCUT2D eigenvalue weighted by Gasteiger charge is 2.28. The number of anilines is 1. The Bertz CT molecular complexity index is 847. The lowest BCUT2D eigenvalue weighted by molar-refractivity contribution is 0.103. The van der Waals surface area contributed by atoms with Gasteiger partial charge >= 0.3 is 0 Å². The summed E-state index contributed by atoms with van der Waals surface area (Å²) in [6.07, 6.45) is 2.26. The monoisotopic (exact) mass is 325 g/mol. The molecule has 1 aliphatic rings. The van der Waals surface area contributed by atoms with E-state index in [9.17, 15) is 4.79 Å². The largest absolute Gasteiger partial charge is 0.321 e. The van der Waals surface area contributed by atoms with Crippen molar-refractivity contribution in [3.05, 3.63) is 46.2 Å². The maximum absolute atomic E-state index is 12.2. The number of aryl methyl sites for hydroxylation is 1. The van der Waals surface area contributed by atoms with E-state index < -0.39 is 0 Å². The van der Waals surface area contributed by atoms with E-state index in [-0.39, 0.29) is 5.91 Å². The first-order valence-corrected chi connectivity index (χ1v) is 8.28. The van der Waals surface area contributed by atoms with Gasteiger partial charge < -0.3 is 5.32 Å². The number of amides is 1. The van der Waals surface area contributed by atoms with E-state index in [4.69, 9.17) is 0 Å². The van der Waals surface area contributed by atoms with Gasteiger partial charge in [0.05, 0.1) is 10.9 Å². The molecule has 1 fully saturated rings. The van der Waals surface area contributed by atoms with Gasteiger partial charge in [-0.3, -0.25) is 4.79 Å². The summed E-state index contributed by atoms with van der Waals surface area (Å²) in [5.41, 5.74) is 1.71. The third-order valence-electron chi connectivity index (χ3n) is 3.75. The molecule has 0 radical (unpaired) electrons. The minimum Gasteiger partial charge on any atom is -0.321 e. The first-order valence-electron chi connectivity index (χ1n) is 7.47. The molecule has 1 aromatic carbocycles. The topological polar surface area (TPSA) is 72.7 Å². The van der Waals surface area contributed by atoms with Crippen molar-refractivity contribution >= 4 is 22.9 Å². The van der Waals surface area contributed by atoms with Crippen molar-refractivity contribution < 1.29 is 4.79 Å². The number of carbonyl (C=O) groups excluding carboxylic acids is 1. The minimum absolute atomic E-state index is 0.0846. The Balaban J connectivity index is 1.51. The van der Waals surface area contributed by atoms with Crippen LogP contribution in [-0.4, -0.2) is 26.1 Å². The zero-order valence-electron chi connectivity index (χ0n) is 12.6. The van der Waals surface area contributed by atoms with Gasteiger partial charge in [0.2, 0.25) is 0 Å². The average Bonchev–Trinajstić information content (AvgIpc) is 3.11. The second kappa shape index (κ2) is 5.58. The van der Waals surface area contributed by atoms with Crippen LogP contribution in [0.4, 0.5) is 5.69 Å². The molecule has 0 atom stereocenters. The molecule has 0 saturated heterocycles. The van der Waals surface area contributed by atoms with Gasteiger partial charge in [-0.1, -0.05) is 0 Å². The number of hydrogen-bond donors (Lipinski definition) is 1. The lowest BCUT2D eigenvalue weighted by atomic mass is 10.2. The van der Waals surface area contributed by atoms with Crippen molar-refractivity contribution in [1.82, 2.24) is 20.2 Å². The standard InChI is InChI=1S/C16H15N5OS/c1-10-2-9-14(23-10)16(22)17-12-5-3-11(4-6-12)15-18-19-20-21(15)13-7-8-13/h2-6,9,13H,7-8H2,1H3,(H,17,22). The molecule has 0 aliphatic heterocycles. The van der Waals surface area contributed by atoms with Crippen LogP contribution in [0.1, 0.15) is 33.4 Å². The summed E-state index contributed by atoms with van der Waals surface area (Å²) in [6, 6.07) is 11.8. The van der Waals surface area contributed by atoms with E-state index in [1.54, 1.807) is 0 Å². The van der Waals surface area contributed by atoms with Gasteiger partial charge in [-0.2, -0.15) is 0 Å². The molecule has 1 saturated carbocycles. The Morgan fingerprint density at radius 2 is 2.00 bits per heavy atom. The fourth-order valence-corrected chi connectivity index (χ4v) is 3.16. The highest BCUT2D eigenvalue weighted by atomic mass is 32.1. The van der Waals surface area contributed by atoms with Gasteiger partial charge in [-0.25, -0.2) is 4.68 Å². The van der Waals surface area contributed by atoms with Crippen molar-refractivity contribution in [3.8, 4) is 11.4 Å². The summed E-state index contributed by atoms with van der Waals surface area (Å²) in [7, 11) is 0. The van der Waals surface area contributed by atoms with Crippen LogP contribution < -0.4 is 5.32 Å². The number of hydrogen-bond acceptors (Lipinski definition) is 5. The molecule has 2 heterocycles. The summed E-state index contributed by atoms with van der Waals surface area (Å²) in [5, 5.41) is 14.8. The SMILES string of the molecule is Cc1ccc(C(=O)Nc2ccc(-c3nnnn3C3CC3)cc2)s1. The molecule has 0 spiro atoms. The van der Waals surface area contributed by atoms with Crippen molar-refractivity contribution in [2.75, 3.05) is 5.32 Å². The first kappa shape index (κ1) is 14.1. The van der Waals surface area contributed by atoms with Crippen molar-refractivity contribution in [3.63, 3.8) is 0 Å². The predicted molar refractivity (Wildman–Crippen MR) is 88.5 cm³/mol. The molecule has 116 valence electrons. The molecule has 4 rings (SSSR count). The Labute approximate surface area is 137 Å². The summed E-state index contributed by atoms with van der Waals surface area (Å²) in [5.74, 6) is 0.693. The second-order valence-corrected chi connectivity index (χ2v) is 6.91. The lowest BCUT2D eigenvalue weighted by Gasteiger charge is -2.06. The summed E-state index contributed by atoms with van der Waals surface area (Å²) >= 11 is 1.49. The third-order valence-corrected chi connectivity index (χ3v) is 4.75. The van der Waals surface area contributed by atoms with E-state index in [0.717, 1.165) is 34.8 Å². The van der Waals surface area contributed by atoms with E-state index in [2.05, 4.69) is 20.8 Å². The molecule has 1 aliphatic carbocycles. The number of nitrogens with zero attached hydrogens (tertiary/aromatic N) is 4. The van der Waals surface area contributed by atoms with Crippen LogP contribution >= 0.6 is 11.3 Å². The van der Waals surface area contributed by atoms with E-state index in [1.807, 2.05) is 48.0 Å². The molecule has 6 nitrogen and oxygen atoms in total. The minimum atomic E-state index is -0.0846. The van der Waals surface area contributed by atoms with Crippen molar-refractivity contribution in [1.29, 1.82) is 0 Å². The molecule has 1 amide bonds. The Kier molecular flexibility index (Phi) is 3.42. The molecule has 0 unspecified atom stereocenters. The van der Waals surface area contributed by atoms with Crippen LogP contribution in [0.15, 0.2) is 36.4 Å². The van der Waals surface area contributed by atoms with E-state index in [1.165, 1.54) is 11.3 Å². The zero-order chi connectivity index (χ0) is 15.8. The van der Waals surface area contributed by atoms with Gasteiger partial charge in [0.15, 0.2) is 5.82 Å². The molecule has 23 heavy (non-hydrogen) atoms. The summed E-state index contributed by atoms with van der Waals surface area (Å²) in [6.45, 7) is 1.99. The fraction of sp³-hybridized carbons (Fsp3) is 0.250. The van der Waals surface area contributed by atoms with E-state index >= 15 is 0 Å². The van der Waals surface area contributed by atoms with Crippen LogP contribution in [0.25, 0.3) is 11.4 Å². The maximum atomic E-state index is 12.2. The van der Waals surface area contributed by atoms with Crippen LogP contribution in [0, 0.1) is 6.92 Å². The predicted octanol–water partition coefficient (Wildman–Crippen LogP) is 3.30. The molecule has 1 N–H and O–H groups in total. The van der Waals surface area contributed by atoms with Crippen LogP contribution in [0.2, 0.25) is 0 Å². The van der Waals surface area contributed by atoms with Gasteiger partial charge in [-0.05, 0) is 66.6 Å². The zero-order valence-corrected chi connectivity index (χ0v) is 13.4. The maximum Gasteiger partial charge on any atom is 0.265 e. The Morgan fingerprint density at radius 1 is 1.22 bits per heavy atom. The van der Waals surface area contributed by atoms with Gasteiger partial charge in [0.1, 0.15) is 0 Å². The number of tetrazole rings is 1. The number of aromatic nitrogens is 4. The van der Waals surface area contributed by atoms with Crippen LogP contribution in [-0.2, 0) is 0 Å². The summed E-state index contributed by atoms with van der Waals surface area (Å²) < 4.78 is 1.88. The number of carbonyl (C=O) groups is 1. The lowest BCUT2D eigenvalue weighted by Crippen LogP contribution is -2.09. The average molecular weight is 325 g/mol. The third kappa shape index (κ3) is 2.87. The quantitative estimate of drug-likeness (QED) is 0.799. The normalized spacial score (nSPS) is 14.0. The number of rotatable bonds is 4. The highest BCUT2D eigenvalue weighted by molar-refractivity contribution is 7.14. The van der Waals surface area contributed by atoms with E-state index in [0.29, 0.717) is 10.9 Å². The molecule has 0 bridgehead atoms. The molecular weight excluding hydrogens is 310 g/mol. The summed E-state index contributed by atoms with van der Waals surface area (Å²) in [4.78, 5) is 14.0. The van der Waals surface area contributed by atoms with Gasteiger partial charge in [0.25, 0.3) is 5.91 Å². The van der Waals surface area contributed by atoms with Crippen molar-refractivity contribution in [2.45, 2.75) is 25.8 Å². The Morgan fingerprint density at radius 3 is 2.65 bits per heavy atom. The number of thiophene rings is 1. The molecular formula is C16H15N5OS. The smallest absolute Gasteiger partial charge is 0.265 e. The fourth-order valence-electron chi connectivity index (χ4n) is 2.40. The van der Waals surface area contributed by atoms with Crippen molar-refractivity contribution in [2.24, 2.45) is 0 Å². The molecule has 2 aromatic heterocycles. The molecule has 3 aromatic rings. The Hall–Kier alpha value is -2.54. The van der Waals surface area contributed by atoms with Crippen LogP contribution in [0.5, 0.6) is 0 Å². The first-order chi connectivity index (χ1) is 11.2. The van der Waals surface area contributed by atoms with Crippen LogP contribution in [0.3, 0.4) is 0 Å². The number of benzene rings is 1. The van der Waals surface area contributed by atoms with Gasteiger partial charge in [-0.15, -0.1) is 16.4 Å². The highest BCUT2D eigenvalue weighted by Crippen LogP contribution is 2.36. The van der Waals surface area contributed by atoms with Gasteiger partial charge in [0, 0.05) is 16.1 Å².